The van der Waals surface area contributed by atoms with Gasteiger partial charge in [-0.2, -0.15) is 0 Å². The van der Waals surface area contributed by atoms with Crippen molar-refractivity contribution < 1.29 is 18.7 Å². The van der Waals surface area contributed by atoms with Crippen molar-refractivity contribution in [1.29, 1.82) is 0 Å². The molecule has 0 saturated carbocycles. The summed E-state index contributed by atoms with van der Waals surface area (Å²) in [6, 6.07) is 16.0. The average Bonchev–Trinajstić information content (AvgIpc) is 3.29. The van der Waals surface area contributed by atoms with E-state index in [9.17, 15) is 14.0 Å². The highest BCUT2D eigenvalue weighted by atomic mass is 32.1. The Morgan fingerprint density at radius 2 is 1.79 bits per heavy atom. The Labute approximate surface area is 164 Å². The van der Waals surface area contributed by atoms with Gasteiger partial charge in [0.25, 0.3) is 11.8 Å². The molecule has 0 fully saturated rings. The molecule has 3 aromatic rings. The number of ether oxygens (including phenoxy) is 1. The van der Waals surface area contributed by atoms with Gasteiger partial charge in [-0.1, -0.05) is 12.1 Å². The van der Waals surface area contributed by atoms with Crippen molar-refractivity contribution in [3.05, 3.63) is 82.4 Å². The van der Waals surface area contributed by atoms with Gasteiger partial charge < -0.3 is 10.1 Å². The zero-order valence-corrected chi connectivity index (χ0v) is 15.6. The molecule has 0 saturated heterocycles. The Morgan fingerprint density at radius 1 is 1.00 bits per heavy atom. The van der Waals surface area contributed by atoms with E-state index in [1.165, 1.54) is 29.5 Å². The highest BCUT2D eigenvalue weighted by Crippen LogP contribution is 2.36. The quantitative estimate of drug-likeness (QED) is 0.656. The Bertz CT molecular complexity index is 1080. The number of benzene rings is 2. The first-order valence-electron chi connectivity index (χ1n) is 8.42. The molecule has 1 aliphatic rings. The number of carbonyl (C=O) groups is 2. The van der Waals surface area contributed by atoms with Gasteiger partial charge in [0.1, 0.15) is 17.3 Å². The van der Waals surface area contributed by atoms with Crippen LogP contribution >= 0.6 is 11.3 Å². The maximum atomic E-state index is 13.6. The van der Waals surface area contributed by atoms with E-state index >= 15 is 0 Å². The summed E-state index contributed by atoms with van der Waals surface area (Å²) in [7, 11) is 1.54. The lowest BCUT2D eigenvalue weighted by atomic mass is 10.2. The first kappa shape index (κ1) is 17.9. The van der Waals surface area contributed by atoms with Gasteiger partial charge in [-0.15, -0.1) is 11.3 Å². The largest absolute Gasteiger partial charge is 0.497 e. The van der Waals surface area contributed by atoms with Crippen LogP contribution in [0.15, 0.2) is 71.7 Å². The molecule has 0 spiro atoms. The second kappa shape index (κ2) is 7.28. The number of imide groups is 1. The second-order valence-corrected chi connectivity index (χ2v) is 6.95. The lowest BCUT2D eigenvalue weighted by Gasteiger charge is -2.15. The van der Waals surface area contributed by atoms with Gasteiger partial charge in [0.15, 0.2) is 0 Å². The first-order chi connectivity index (χ1) is 13.6. The Hall–Kier alpha value is -3.45. The van der Waals surface area contributed by atoms with Crippen LogP contribution in [0, 0.1) is 5.82 Å². The molecule has 1 N–H and O–H groups in total. The molecule has 2 amide bonds. The first-order valence-corrected chi connectivity index (χ1v) is 9.30. The number of rotatable bonds is 5. The molecule has 1 aromatic heterocycles. The third-order valence-electron chi connectivity index (χ3n) is 4.28. The highest BCUT2D eigenvalue weighted by Gasteiger charge is 2.40. The van der Waals surface area contributed by atoms with Crippen molar-refractivity contribution in [1.82, 2.24) is 0 Å². The molecule has 28 heavy (non-hydrogen) atoms. The van der Waals surface area contributed by atoms with E-state index in [2.05, 4.69) is 5.32 Å². The van der Waals surface area contributed by atoms with E-state index in [0.717, 1.165) is 4.90 Å². The van der Waals surface area contributed by atoms with Gasteiger partial charge in [-0.05, 0) is 53.9 Å². The van der Waals surface area contributed by atoms with Gasteiger partial charge in [-0.25, -0.2) is 9.29 Å². The van der Waals surface area contributed by atoms with Crippen molar-refractivity contribution >= 4 is 40.1 Å². The minimum atomic E-state index is -0.497. The zero-order valence-electron chi connectivity index (χ0n) is 14.8. The van der Waals surface area contributed by atoms with Gasteiger partial charge >= 0.3 is 0 Å². The van der Waals surface area contributed by atoms with Crippen molar-refractivity contribution in [2.24, 2.45) is 0 Å². The van der Waals surface area contributed by atoms with E-state index in [0.29, 0.717) is 22.0 Å². The van der Waals surface area contributed by atoms with E-state index in [4.69, 9.17) is 4.74 Å². The van der Waals surface area contributed by atoms with Crippen molar-refractivity contribution in [2.75, 3.05) is 17.3 Å². The van der Waals surface area contributed by atoms with Gasteiger partial charge in [0.2, 0.25) is 0 Å². The number of thiophene rings is 1. The number of nitrogens with zero attached hydrogens (tertiary/aromatic N) is 1. The van der Waals surface area contributed by atoms with Crippen LogP contribution in [0.25, 0.3) is 5.57 Å². The maximum absolute atomic E-state index is 13.6. The van der Waals surface area contributed by atoms with Crippen LogP contribution in [-0.4, -0.2) is 18.9 Å². The fourth-order valence-corrected chi connectivity index (χ4v) is 3.74. The van der Waals surface area contributed by atoms with Crippen LogP contribution in [-0.2, 0) is 9.59 Å². The molecule has 0 aliphatic carbocycles. The lowest BCUT2D eigenvalue weighted by Crippen LogP contribution is -2.32. The SMILES string of the molecule is COc1ccc(N2C(=O)C(Nc3cccc(F)c3)=C(c3cccs3)C2=O)cc1. The van der Waals surface area contributed by atoms with Crippen LogP contribution in [0.3, 0.4) is 0 Å². The normalized spacial score (nSPS) is 14.0. The fraction of sp³-hybridized carbons (Fsp3) is 0.0476. The molecule has 4 rings (SSSR count). The van der Waals surface area contributed by atoms with E-state index < -0.39 is 17.6 Å². The summed E-state index contributed by atoms with van der Waals surface area (Å²) in [6.07, 6.45) is 0. The third-order valence-corrected chi connectivity index (χ3v) is 5.16. The molecule has 2 aromatic carbocycles. The summed E-state index contributed by atoms with van der Waals surface area (Å²) in [5.74, 6) is -0.751. The third kappa shape index (κ3) is 3.16. The number of hydrogen-bond acceptors (Lipinski definition) is 5. The summed E-state index contributed by atoms with van der Waals surface area (Å²) in [6.45, 7) is 0. The lowest BCUT2D eigenvalue weighted by molar-refractivity contribution is -0.120. The van der Waals surface area contributed by atoms with Crippen LogP contribution < -0.4 is 15.0 Å². The topological polar surface area (TPSA) is 58.6 Å². The molecule has 2 heterocycles. The predicted molar refractivity (Wildman–Crippen MR) is 107 cm³/mol. The minimum absolute atomic E-state index is 0.119. The van der Waals surface area contributed by atoms with E-state index in [1.54, 1.807) is 49.6 Å². The van der Waals surface area contributed by atoms with Gasteiger partial charge in [0.05, 0.1) is 18.4 Å². The summed E-state index contributed by atoms with van der Waals surface area (Å²) in [5, 5.41) is 4.76. The number of halogens is 1. The summed E-state index contributed by atoms with van der Waals surface area (Å²) in [4.78, 5) is 28.0. The molecular formula is C21H15FN2O3S. The molecule has 0 bridgehead atoms. The molecule has 1 aliphatic heterocycles. The zero-order chi connectivity index (χ0) is 19.7. The summed E-state index contributed by atoms with van der Waals surface area (Å²) >= 11 is 1.36. The van der Waals surface area contributed by atoms with Crippen molar-refractivity contribution in [3.8, 4) is 5.75 Å². The van der Waals surface area contributed by atoms with Gasteiger partial charge in [-0.3, -0.25) is 9.59 Å². The highest BCUT2D eigenvalue weighted by molar-refractivity contribution is 7.11. The number of carbonyl (C=O) groups excluding carboxylic acids is 2. The van der Waals surface area contributed by atoms with Crippen LogP contribution in [0.5, 0.6) is 5.75 Å². The number of hydrogen-bond donors (Lipinski definition) is 1. The number of anilines is 2. The number of amides is 2. The van der Waals surface area contributed by atoms with Crippen LogP contribution in [0.1, 0.15) is 4.88 Å². The standard InChI is InChI=1S/C21H15FN2O3S/c1-27-16-9-7-15(8-10-16)24-20(25)18(17-6-3-11-28-17)19(21(24)26)23-14-5-2-4-13(22)12-14/h2-12,23H,1H3. The second-order valence-electron chi connectivity index (χ2n) is 6.01. The maximum Gasteiger partial charge on any atom is 0.282 e. The average molecular weight is 394 g/mol. The Morgan fingerprint density at radius 3 is 2.43 bits per heavy atom. The predicted octanol–water partition coefficient (Wildman–Crippen LogP) is 4.29. The molecule has 140 valence electrons. The molecule has 0 unspecified atom stereocenters. The Kier molecular flexibility index (Phi) is 4.67. The summed E-state index contributed by atoms with van der Waals surface area (Å²) in [5.41, 5.74) is 1.21. The number of methoxy groups -OCH3 is 1. The Balaban J connectivity index is 1.77. The van der Waals surface area contributed by atoms with E-state index in [-0.39, 0.29) is 11.3 Å². The number of nitrogens with one attached hydrogen (secondary N) is 1. The van der Waals surface area contributed by atoms with E-state index in [1.807, 2.05) is 5.38 Å². The van der Waals surface area contributed by atoms with Crippen molar-refractivity contribution in [3.63, 3.8) is 0 Å². The van der Waals surface area contributed by atoms with Crippen LogP contribution in [0.2, 0.25) is 0 Å². The molecule has 0 radical (unpaired) electrons. The molecule has 0 atom stereocenters. The molecular weight excluding hydrogens is 379 g/mol. The van der Waals surface area contributed by atoms with Crippen LogP contribution in [0.4, 0.5) is 15.8 Å². The van der Waals surface area contributed by atoms with Gasteiger partial charge in [0, 0.05) is 10.6 Å². The minimum Gasteiger partial charge on any atom is -0.497 e. The smallest absolute Gasteiger partial charge is 0.282 e. The van der Waals surface area contributed by atoms with Crippen molar-refractivity contribution in [2.45, 2.75) is 0 Å². The fourth-order valence-electron chi connectivity index (χ4n) is 2.97. The molecule has 5 nitrogen and oxygen atoms in total. The monoisotopic (exact) mass is 394 g/mol. The summed E-state index contributed by atoms with van der Waals surface area (Å²) < 4.78 is 18.7. The molecule has 7 heteroatoms.